The number of amides is 4. The number of rotatable bonds is 16. The fraction of sp³-hybridized carbons (Fsp3) is 0.283. The SMILES string of the molecule is Cc1ccc(-n2nc(C(C)(C)C)cc2NC(=O)Nc2ccc(Oc3ccnc(CC(=O)NCC(=O)NCCCn4ccnc4)c3)c3ccccc23)cc1.NCCCn1ccnc1. The average molecular weight is 839 g/mol. The second-order valence-corrected chi connectivity index (χ2v) is 15.6. The van der Waals surface area contributed by atoms with Crippen LogP contribution in [0.4, 0.5) is 16.3 Å². The maximum absolute atomic E-state index is 13.4. The monoisotopic (exact) mass is 838 g/mol. The molecule has 4 heterocycles. The van der Waals surface area contributed by atoms with Crippen LogP contribution < -0.4 is 31.7 Å². The first-order valence-corrected chi connectivity index (χ1v) is 20.5. The quantitative estimate of drug-likeness (QED) is 0.0653. The Bertz CT molecular complexity index is 2530. The Kier molecular flexibility index (Phi) is 15.2. The van der Waals surface area contributed by atoms with Gasteiger partial charge in [-0.05, 0) is 56.6 Å². The zero-order valence-corrected chi connectivity index (χ0v) is 35.5. The lowest BCUT2D eigenvalue weighted by atomic mass is 9.92. The molecule has 7 aromatic rings. The highest BCUT2D eigenvalue weighted by Gasteiger charge is 2.22. The molecule has 0 atom stereocenters. The zero-order valence-electron chi connectivity index (χ0n) is 35.5. The standard InChI is InChI=1S/C40H43N9O4.C6H11N3/c1-27-10-12-29(13-11-27)49-36(24-35(47-49)40(2,3)4)46-39(52)45-33-14-15-34(32-9-6-5-8-31(32)33)53-30-16-18-42-28(22-30)23-37(50)44-25-38(51)43-17-7-20-48-21-19-41-26-48;7-2-1-4-9-5-3-8-6-9/h5-6,8-16,18-19,21-22,24,26H,7,17,20,23,25H2,1-4H3,(H,43,51)(H,44,50)(H2,45,46,52);3,5-6H,1-2,4,7H2. The molecule has 0 aliphatic heterocycles. The number of carbonyl (C=O) groups excluding carboxylic acids is 3. The first-order chi connectivity index (χ1) is 29.9. The summed E-state index contributed by atoms with van der Waals surface area (Å²) in [4.78, 5) is 50.4. The minimum atomic E-state index is -0.419. The summed E-state index contributed by atoms with van der Waals surface area (Å²) in [5.41, 5.74) is 8.98. The van der Waals surface area contributed by atoms with E-state index < -0.39 is 6.03 Å². The summed E-state index contributed by atoms with van der Waals surface area (Å²) in [6.07, 6.45) is 14.1. The lowest BCUT2D eigenvalue weighted by Crippen LogP contribution is -2.38. The molecular formula is C46H54N12O4. The highest BCUT2D eigenvalue weighted by atomic mass is 16.5. The molecule has 0 aliphatic rings. The van der Waals surface area contributed by atoms with Crippen molar-refractivity contribution < 1.29 is 19.1 Å². The van der Waals surface area contributed by atoms with Gasteiger partial charge in [0, 0.05) is 78.9 Å². The third-order valence-electron chi connectivity index (χ3n) is 9.59. The molecule has 0 saturated carbocycles. The van der Waals surface area contributed by atoms with Gasteiger partial charge in [-0.3, -0.25) is 19.9 Å². The predicted molar refractivity (Wildman–Crippen MR) is 240 cm³/mol. The molecule has 62 heavy (non-hydrogen) atoms. The number of benzene rings is 3. The fourth-order valence-electron chi connectivity index (χ4n) is 6.27. The molecule has 16 heteroatoms. The number of imidazole rings is 2. The minimum Gasteiger partial charge on any atom is -0.457 e. The second-order valence-electron chi connectivity index (χ2n) is 15.6. The van der Waals surface area contributed by atoms with E-state index in [4.69, 9.17) is 15.6 Å². The Balaban J connectivity index is 0.000000633. The highest BCUT2D eigenvalue weighted by molar-refractivity contribution is 6.07. The van der Waals surface area contributed by atoms with E-state index in [-0.39, 0.29) is 30.2 Å². The van der Waals surface area contributed by atoms with Crippen molar-refractivity contribution in [3.05, 3.63) is 139 Å². The van der Waals surface area contributed by atoms with Crippen molar-refractivity contribution >= 4 is 40.1 Å². The number of fused-ring (bicyclic) bond motifs is 1. The van der Waals surface area contributed by atoms with Crippen LogP contribution in [0.25, 0.3) is 16.5 Å². The molecule has 7 rings (SSSR count). The molecule has 0 spiro atoms. The molecule has 0 radical (unpaired) electrons. The zero-order chi connectivity index (χ0) is 43.9. The van der Waals surface area contributed by atoms with Gasteiger partial charge in [0.2, 0.25) is 11.8 Å². The number of hydrogen-bond donors (Lipinski definition) is 5. The molecule has 0 bridgehead atoms. The van der Waals surface area contributed by atoms with Gasteiger partial charge in [-0.2, -0.15) is 5.10 Å². The number of urea groups is 1. The highest BCUT2D eigenvalue weighted by Crippen LogP contribution is 2.35. The number of carbonyl (C=O) groups is 3. The van der Waals surface area contributed by atoms with Crippen LogP contribution in [0.5, 0.6) is 11.5 Å². The number of aryl methyl sites for hydroxylation is 3. The third kappa shape index (κ3) is 12.8. The number of anilines is 2. The number of aromatic nitrogens is 7. The van der Waals surface area contributed by atoms with Gasteiger partial charge in [-0.25, -0.2) is 19.4 Å². The molecule has 322 valence electrons. The van der Waals surface area contributed by atoms with Crippen LogP contribution in [0.2, 0.25) is 0 Å². The number of ether oxygens (including phenoxy) is 1. The lowest BCUT2D eigenvalue weighted by Gasteiger charge is -2.14. The smallest absolute Gasteiger partial charge is 0.324 e. The van der Waals surface area contributed by atoms with Gasteiger partial charge in [0.1, 0.15) is 17.3 Å². The van der Waals surface area contributed by atoms with Gasteiger partial charge in [-0.15, -0.1) is 0 Å². The van der Waals surface area contributed by atoms with Crippen LogP contribution in [0, 0.1) is 6.92 Å². The van der Waals surface area contributed by atoms with E-state index in [0.717, 1.165) is 60.2 Å². The molecule has 0 aliphatic carbocycles. The van der Waals surface area contributed by atoms with E-state index in [0.29, 0.717) is 35.2 Å². The van der Waals surface area contributed by atoms with E-state index in [1.807, 2.05) is 83.0 Å². The number of hydrogen-bond acceptors (Lipinski definition) is 9. The van der Waals surface area contributed by atoms with E-state index in [1.54, 1.807) is 60.2 Å². The van der Waals surface area contributed by atoms with Crippen molar-refractivity contribution in [2.45, 2.75) is 65.5 Å². The normalized spacial score (nSPS) is 11.0. The van der Waals surface area contributed by atoms with Gasteiger partial charge in [0.25, 0.3) is 0 Å². The van der Waals surface area contributed by atoms with Crippen molar-refractivity contribution in [1.82, 2.24) is 44.5 Å². The van der Waals surface area contributed by atoms with Crippen molar-refractivity contribution in [2.75, 3.05) is 30.3 Å². The molecular weight excluding hydrogens is 785 g/mol. The maximum atomic E-state index is 13.4. The number of pyridine rings is 1. The summed E-state index contributed by atoms with van der Waals surface area (Å²) < 4.78 is 12.0. The maximum Gasteiger partial charge on any atom is 0.324 e. The van der Waals surface area contributed by atoms with Crippen molar-refractivity contribution in [1.29, 1.82) is 0 Å². The van der Waals surface area contributed by atoms with Gasteiger partial charge < -0.3 is 35.6 Å². The van der Waals surface area contributed by atoms with Crippen molar-refractivity contribution in [3.63, 3.8) is 0 Å². The van der Waals surface area contributed by atoms with Gasteiger partial charge in [0.15, 0.2) is 0 Å². The van der Waals surface area contributed by atoms with Crippen LogP contribution in [-0.4, -0.2) is 71.3 Å². The number of nitrogens with two attached hydrogens (primary N) is 1. The van der Waals surface area contributed by atoms with E-state index in [1.165, 1.54) is 0 Å². The van der Waals surface area contributed by atoms with E-state index in [9.17, 15) is 14.4 Å². The van der Waals surface area contributed by atoms with Crippen LogP contribution in [0.3, 0.4) is 0 Å². The Morgan fingerprint density at radius 1 is 0.774 bits per heavy atom. The molecule has 4 amide bonds. The van der Waals surface area contributed by atoms with Crippen LogP contribution >= 0.6 is 0 Å². The third-order valence-corrected chi connectivity index (χ3v) is 9.59. The van der Waals surface area contributed by atoms with Gasteiger partial charge in [0.05, 0.1) is 48.4 Å². The first-order valence-electron chi connectivity index (χ1n) is 20.5. The Labute approximate surface area is 360 Å². The average Bonchev–Trinajstić information content (AvgIpc) is 4.06. The topological polar surface area (TPSA) is 201 Å². The van der Waals surface area contributed by atoms with Gasteiger partial charge >= 0.3 is 6.03 Å². The van der Waals surface area contributed by atoms with E-state index >= 15 is 0 Å². The summed E-state index contributed by atoms with van der Waals surface area (Å²) in [6, 6.07) is 24.0. The molecule has 3 aromatic carbocycles. The first kappa shape index (κ1) is 44.2. The number of nitrogens with zero attached hydrogens (tertiary/aromatic N) is 7. The molecule has 6 N–H and O–H groups in total. The molecule has 0 saturated heterocycles. The summed E-state index contributed by atoms with van der Waals surface area (Å²) in [5, 5.41) is 17.8. The summed E-state index contributed by atoms with van der Waals surface area (Å²) in [6.45, 7) is 11.1. The van der Waals surface area contributed by atoms with Gasteiger partial charge in [-0.1, -0.05) is 62.7 Å². The Morgan fingerprint density at radius 2 is 1.48 bits per heavy atom. The second kappa shape index (κ2) is 21.3. The summed E-state index contributed by atoms with van der Waals surface area (Å²) in [7, 11) is 0. The van der Waals surface area contributed by atoms with Crippen molar-refractivity contribution in [2.24, 2.45) is 5.73 Å². The predicted octanol–water partition coefficient (Wildman–Crippen LogP) is 6.76. The number of nitrogens with one attached hydrogen (secondary N) is 4. The molecule has 4 aromatic heterocycles. The fourth-order valence-corrected chi connectivity index (χ4v) is 6.27. The summed E-state index contributed by atoms with van der Waals surface area (Å²) in [5.74, 6) is 0.994. The van der Waals surface area contributed by atoms with E-state index in [2.05, 4.69) is 57.0 Å². The Hall–Kier alpha value is -7.33. The Morgan fingerprint density at radius 3 is 2.16 bits per heavy atom. The summed E-state index contributed by atoms with van der Waals surface area (Å²) >= 11 is 0. The lowest BCUT2D eigenvalue weighted by molar-refractivity contribution is -0.125. The molecule has 0 fully saturated rings. The van der Waals surface area contributed by atoms with Crippen LogP contribution in [0.1, 0.15) is 50.6 Å². The minimum absolute atomic E-state index is 0.0239. The molecule has 16 nitrogen and oxygen atoms in total. The van der Waals surface area contributed by atoms with Crippen LogP contribution in [-0.2, 0) is 34.5 Å². The van der Waals surface area contributed by atoms with Crippen LogP contribution in [0.15, 0.2) is 123 Å². The molecule has 0 unspecified atom stereocenters. The van der Waals surface area contributed by atoms with Crippen molar-refractivity contribution in [3.8, 4) is 17.2 Å². The largest absolute Gasteiger partial charge is 0.457 e.